The van der Waals surface area contributed by atoms with Gasteiger partial charge in [-0.15, -0.1) is 0 Å². The molecule has 0 radical (unpaired) electrons. The molecule has 0 saturated carbocycles. The molecule has 1 aromatic heterocycles. The molecular weight excluding hydrogens is 348 g/mol. The van der Waals surface area contributed by atoms with E-state index in [2.05, 4.69) is 15.6 Å². The number of benzene rings is 1. The van der Waals surface area contributed by atoms with Gasteiger partial charge in [0.1, 0.15) is 11.9 Å². The number of thioether (sulfide) groups is 1. The van der Waals surface area contributed by atoms with Gasteiger partial charge in [-0.25, -0.2) is 4.98 Å². The van der Waals surface area contributed by atoms with Gasteiger partial charge in [-0.2, -0.15) is 11.8 Å². The molecular formula is C19H24N4O2S. The molecule has 0 bridgehead atoms. The minimum Gasteiger partial charge on any atom is -0.363 e. The first kappa shape index (κ1) is 19.8. The van der Waals surface area contributed by atoms with E-state index in [4.69, 9.17) is 0 Å². The van der Waals surface area contributed by atoms with Gasteiger partial charge in [0.15, 0.2) is 0 Å². The number of pyridine rings is 1. The predicted octanol–water partition coefficient (Wildman–Crippen LogP) is 2.64. The average Bonchev–Trinajstić information content (AvgIpc) is 2.66. The highest BCUT2D eigenvalue weighted by atomic mass is 32.2. The summed E-state index contributed by atoms with van der Waals surface area (Å²) in [6.45, 7) is 0. The average molecular weight is 372 g/mol. The van der Waals surface area contributed by atoms with E-state index in [1.165, 1.54) is 0 Å². The van der Waals surface area contributed by atoms with Crippen molar-refractivity contribution in [3.8, 4) is 0 Å². The second-order valence-corrected chi connectivity index (χ2v) is 6.95. The lowest BCUT2D eigenvalue weighted by Gasteiger charge is -2.18. The molecule has 1 atom stereocenters. The minimum atomic E-state index is -0.608. The Labute approximate surface area is 158 Å². The number of hydrogen-bond donors (Lipinski definition) is 2. The first-order valence-corrected chi connectivity index (χ1v) is 9.69. The monoisotopic (exact) mass is 372 g/mol. The van der Waals surface area contributed by atoms with Gasteiger partial charge >= 0.3 is 0 Å². The summed E-state index contributed by atoms with van der Waals surface area (Å²) < 4.78 is 0. The van der Waals surface area contributed by atoms with Crippen molar-refractivity contribution in [3.63, 3.8) is 0 Å². The van der Waals surface area contributed by atoms with Crippen LogP contribution in [0.1, 0.15) is 16.8 Å². The summed E-state index contributed by atoms with van der Waals surface area (Å²) >= 11 is 1.63. The molecule has 1 unspecified atom stereocenters. The van der Waals surface area contributed by atoms with Crippen LogP contribution in [0.2, 0.25) is 0 Å². The van der Waals surface area contributed by atoms with Gasteiger partial charge in [0, 0.05) is 19.7 Å². The van der Waals surface area contributed by atoms with Gasteiger partial charge in [-0.1, -0.05) is 18.2 Å². The van der Waals surface area contributed by atoms with E-state index >= 15 is 0 Å². The van der Waals surface area contributed by atoms with Gasteiger partial charge < -0.3 is 15.5 Å². The Morgan fingerprint density at radius 3 is 2.46 bits per heavy atom. The smallest absolute Gasteiger partial charge is 0.251 e. The van der Waals surface area contributed by atoms with Crippen LogP contribution in [-0.2, 0) is 4.79 Å². The summed E-state index contributed by atoms with van der Waals surface area (Å²) in [6, 6.07) is 11.9. The Kier molecular flexibility index (Phi) is 7.47. The summed E-state index contributed by atoms with van der Waals surface area (Å²) in [6.07, 6.45) is 4.13. The van der Waals surface area contributed by atoms with Crippen LogP contribution in [0, 0.1) is 0 Å². The number of carbonyl (C=O) groups is 2. The largest absolute Gasteiger partial charge is 0.363 e. The van der Waals surface area contributed by atoms with Gasteiger partial charge in [0.2, 0.25) is 5.91 Å². The maximum absolute atomic E-state index is 12.6. The van der Waals surface area contributed by atoms with Crippen molar-refractivity contribution in [3.05, 3.63) is 54.2 Å². The number of amides is 2. The number of hydrogen-bond acceptors (Lipinski definition) is 5. The van der Waals surface area contributed by atoms with E-state index in [1.54, 1.807) is 48.3 Å². The molecule has 0 fully saturated rings. The summed E-state index contributed by atoms with van der Waals surface area (Å²) in [5, 5.41) is 5.65. The molecule has 2 N–H and O–H groups in total. The summed E-state index contributed by atoms with van der Waals surface area (Å²) in [5.74, 6) is 1.07. The van der Waals surface area contributed by atoms with E-state index < -0.39 is 6.04 Å². The second kappa shape index (κ2) is 9.82. The van der Waals surface area contributed by atoms with Crippen LogP contribution in [-0.4, -0.2) is 48.9 Å². The molecule has 0 aliphatic carbocycles. The lowest BCUT2D eigenvalue weighted by molar-refractivity contribution is -0.118. The molecule has 1 heterocycles. The zero-order chi connectivity index (χ0) is 18.9. The molecule has 2 amide bonds. The van der Waals surface area contributed by atoms with Crippen LogP contribution < -0.4 is 15.5 Å². The number of nitrogens with one attached hydrogen (secondary N) is 2. The van der Waals surface area contributed by atoms with Gasteiger partial charge in [-0.3, -0.25) is 9.59 Å². The molecule has 0 aliphatic heterocycles. The Balaban J connectivity index is 2.04. The van der Waals surface area contributed by atoms with Crippen LogP contribution >= 0.6 is 11.8 Å². The number of nitrogens with zero attached hydrogens (tertiary/aromatic N) is 2. The van der Waals surface area contributed by atoms with Crippen molar-refractivity contribution in [1.82, 2.24) is 10.3 Å². The fourth-order valence-corrected chi connectivity index (χ4v) is 2.76. The van der Waals surface area contributed by atoms with Crippen molar-refractivity contribution in [2.45, 2.75) is 12.5 Å². The van der Waals surface area contributed by atoms with Crippen LogP contribution in [0.15, 0.2) is 48.7 Å². The van der Waals surface area contributed by atoms with E-state index in [0.29, 0.717) is 17.7 Å². The molecule has 7 heteroatoms. The van der Waals surface area contributed by atoms with E-state index in [-0.39, 0.29) is 11.8 Å². The van der Waals surface area contributed by atoms with Crippen molar-refractivity contribution >= 4 is 35.1 Å². The normalized spacial score (nSPS) is 11.5. The number of carbonyl (C=O) groups excluding carboxylic acids is 2. The lowest BCUT2D eigenvalue weighted by Crippen LogP contribution is -2.44. The Morgan fingerprint density at radius 1 is 1.15 bits per heavy atom. The molecule has 2 rings (SSSR count). The number of anilines is 2. The van der Waals surface area contributed by atoms with Crippen LogP contribution in [0.5, 0.6) is 0 Å². The van der Waals surface area contributed by atoms with Gasteiger partial charge in [0.05, 0.1) is 11.9 Å². The molecule has 2 aromatic rings. The molecule has 1 aromatic carbocycles. The van der Waals surface area contributed by atoms with E-state index in [0.717, 1.165) is 11.6 Å². The third-order valence-corrected chi connectivity index (χ3v) is 4.39. The Hall–Kier alpha value is -2.54. The first-order valence-electron chi connectivity index (χ1n) is 8.30. The van der Waals surface area contributed by atoms with Crippen LogP contribution in [0.3, 0.4) is 0 Å². The van der Waals surface area contributed by atoms with Crippen molar-refractivity contribution in [1.29, 1.82) is 0 Å². The molecule has 26 heavy (non-hydrogen) atoms. The standard InChI is InChI=1S/C19H24N4O2S/c1-23(2)17-10-9-15(13-20-17)21-19(25)16(11-12-26-3)22-18(24)14-7-5-4-6-8-14/h4-10,13,16H,11-12H2,1-3H3,(H,21,25)(H,22,24). The third-order valence-electron chi connectivity index (χ3n) is 3.74. The van der Waals surface area contributed by atoms with Crippen LogP contribution in [0.25, 0.3) is 0 Å². The molecule has 138 valence electrons. The highest BCUT2D eigenvalue weighted by Gasteiger charge is 2.21. The Morgan fingerprint density at radius 2 is 1.88 bits per heavy atom. The fraction of sp³-hybridized carbons (Fsp3) is 0.316. The highest BCUT2D eigenvalue weighted by molar-refractivity contribution is 7.98. The van der Waals surface area contributed by atoms with Crippen molar-refractivity contribution in [2.24, 2.45) is 0 Å². The van der Waals surface area contributed by atoms with E-state index in [9.17, 15) is 9.59 Å². The lowest BCUT2D eigenvalue weighted by atomic mass is 10.1. The maximum atomic E-state index is 12.6. The fourth-order valence-electron chi connectivity index (χ4n) is 2.29. The third kappa shape index (κ3) is 5.77. The summed E-state index contributed by atoms with van der Waals surface area (Å²) in [7, 11) is 3.80. The number of aromatic nitrogens is 1. The molecule has 6 nitrogen and oxygen atoms in total. The highest BCUT2D eigenvalue weighted by Crippen LogP contribution is 2.13. The predicted molar refractivity (Wildman–Crippen MR) is 108 cm³/mol. The minimum absolute atomic E-state index is 0.247. The molecule has 0 saturated heterocycles. The zero-order valence-electron chi connectivity index (χ0n) is 15.2. The number of rotatable bonds is 8. The van der Waals surface area contributed by atoms with Crippen molar-refractivity contribution in [2.75, 3.05) is 36.3 Å². The van der Waals surface area contributed by atoms with E-state index in [1.807, 2.05) is 37.4 Å². The van der Waals surface area contributed by atoms with Gasteiger partial charge in [0.25, 0.3) is 5.91 Å². The topological polar surface area (TPSA) is 74.3 Å². The summed E-state index contributed by atoms with van der Waals surface area (Å²) in [5.41, 5.74) is 1.13. The van der Waals surface area contributed by atoms with Crippen LogP contribution in [0.4, 0.5) is 11.5 Å². The first-order chi connectivity index (χ1) is 12.5. The molecule has 0 spiro atoms. The Bertz CT molecular complexity index is 720. The van der Waals surface area contributed by atoms with Crippen molar-refractivity contribution < 1.29 is 9.59 Å². The summed E-state index contributed by atoms with van der Waals surface area (Å²) in [4.78, 5) is 31.2. The maximum Gasteiger partial charge on any atom is 0.251 e. The SMILES string of the molecule is CSCCC(NC(=O)c1ccccc1)C(=O)Nc1ccc(N(C)C)nc1. The van der Waals surface area contributed by atoms with Gasteiger partial charge in [-0.05, 0) is 42.7 Å². The quantitative estimate of drug-likeness (QED) is 0.745. The second-order valence-electron chi connectivity index (χ2n) is 5.96. The molecule has 0 aliphatic rings. The zero-order valence-corrected chi connectivity index (χ0v) is 16.0.